The Labute approximate surface area is 233 Å². The lowest BCUT2D eigenvalue weighted by Gasteiger charge is -2.12. The van der Waals surface area contributed by atoms with Crippen molar-refractivity contribution in [3.8, 4) is 11.5 Å². The largest absolute Gasteiger partial charge is 0.423 e. The first kappa shape index (κ1) is 28.6. The van der Waals surface area contributed by atoms with E-state index in [9.17, 15) is 38.2 Å². The number of non-ortho nitro benzene ring substituents is 2. The third kappa shape index (κ3) is 6.25. The summed E-state index contributed by atoms with van der Waals surface area (Å²) < 4.78 is 37.3. The molecule has 0 aliphatic carbocycles. The van der Waals surface area contributed by atoms with Crippen molar-refractivity contribution >= 4 is 33.2 Å². The average Bonchev–Trinajstić information content (AvgIpc) is 2.95. The molecule has 0 unspecified atom stereocenters. The summed E-state index contributed by atoms with van der Waals surface area (Å²) in [6.45, 7) is 3.12. The van der Waals surface area contributed by atoms with Crippen LogP contribution < -0.4 is 9.47 Å². The summed E-state index contributed by atoms with van der Waals surface area (Å²) >= 11 is 0. The van der Waals surface area contributed by atoms with Crippen molar-refractivity contribution in [3.63, 3.8) is 0 Å². The van der Waals surface area contributed by atoms with Gasteiger partial charge in [0.15, 0.2) is 0 Å². The van der Waals surface area contributed by atoms with Gasteiger partial charge in [-0.2, -0.15) is 0 Å². The van der Waals surface area contributed by atoms with Crippen molar-refractivity contribution < 1.29 is 37.3 Å². The van der Waals surface area contributed by atoms with E-state index in [1.54, 1.807) is 13.8 Å². The van der Waals surface area contributed by atoms with Gasteiger partial charge in [0.2, 0.25) is 9.84 Å². The molecule has 0 aliphatic rings. The molecule has 41 heavy (non-hydrogen) atoms. The van der Waals surface area contributed by atoms with Crippen LogP contribution in [0.4, 0.5) is 11.4 Å². The number of benzene rings is 4. The molecule has 12 nitrogen and oxygen atoms in total. The Hall–Kier alpha value is -5.43. The van der Waals surface area contributed by atoms with Crippen LogP contribution in [-0.4, -0.2) is 30.2 Å². The third-order valence-electron chi connectivity index (χ3n) is 5.95. The van der Waals surface area contributed by atoms with Crippen molar-refractivity contribution in [1.29, 1.82) is 0 Å². The average molecular weight is 577 g/mol. The molecule has 0 heterocycles. The number of ether oxygens (including phenoxy) is 2. The summed E-state index contributed by atoms with van der Waals surface area (Å²) in [5, 5.41) is 21.6. The van der Waals surface area contributed by atoms with Crippen LogP contribution in [0.5, 0.6) is 11.5 Å². The summed E-state index contributed by atoms with van der Waals surface area (Å²) in [6.07, 6.45) is 0. The molecule has 0 saturated carbocycles. The number of sulfone groups is 1. The van der Waals surface area contributed by atoms with Crippen LogP contribution in [-0.2, 0) is 9.84 Å². The first-order chi connectivity index (χ1) is 19.4. The molecule has 4 aromatic carbocycles. The maximum Gasteiger partial charge on any atom is 0.343 e. The number of hydrogen-bond donors (Lipinski definition) is 0. The summed E-state index contributed by atoms with van der Waals surface area (Å²) in [6, 6.07) is 17.6. The summed E-state index contributed by atoms with van der Waals surface area (Å²) in [5.41, 5.74) is 0.503. The van der Waals surface area contributed by atoms with Gasteiger partial charge in [0.25, 0.3) is 11.4 Å². The molecule has 4 aromatic rings. The van der Waals surface area contributed by atoms with E-state index < -0.39 is 31.6 Å². The normalized spacial score (nSPS) is 11.0. The molecule has 0 aliphatic heterocycles. The zero-order valence-corrected chi connectivity index (χ0v) is 22.3. The van der Waals surface area contributed by atoms with Gasteiger partial charge in [-0.05, 0) is 85.6 Å². The van der Waals surface area contributed by atoms with Gasteiger partial charge in [-0.1, -0.05) is 0 Å². The summed E-state index contributed by atoms with van der Waals surface area (Å²) in [4.78, 5) is 45.2. The molecular formula is C28H20N2O10S. The van der Waals surface area contributed by atoms with Crippen LogP contribution in [0.25, 0.3) is 0 Å². The van der Waals surface area contributed by atoms with E-state index in [4.69, 9.17) is 9.47 Å². The van der Waals surface area contributed by atoms with E-state index in [0.29, 0.717) is 11.1 Å². The van der Waals surface area contributed by atoms with Crippen LogP contribution in [0.3, 0.4) is 0 Å². The van der Waals surface area contributed by atoms with E-state index in [0.717, 1.165) is 0 Å². The highest BCUT2D eigenvalue weighted by Gasteiger charge is 2.22. The fraction of sp³-hybridized carbons (Fsp3) is 0.0714. The second kappa shape index (κ2) is 11.4. The SMILES string of the molecule is Cc1cc(S(=O)(=O)c2ccc(OC(=O)c3ccc([N+](=O)[O-])cc3)c(C)c2)ccc1OC(=O)c1ccc([N+](=O)[O-])cc1. The Kier molecular flexibility index (Phi) is 7.92. The molecule has 4 rings (SSSR count). The number of nitrogens with zero attached hydrogens (tertiary/aromatic N) is 2. The molecule has 0 amide bonds. The second-order valence-electron chi connectivity index (χ2n) is 8.75. The zero-order valence-electron chi connectivity index (χ0n) is 21.5. The maximum atomic E-state index is 13.3. The molecule has 0 fully saturated rings. The summed E-state index contributed by atoms with van der Waals surface area (Å²) in [7, 11) is -4.01. The van der Waals surface area contributed by atoms with Gasteiger partial charge < -0.3 is 9.47 Å². The Balaban J connectivity index is 1.49. The monoisotopic (exact) mass is 576 g/mol. The predicted octanol–water partition coefficient (Wildman–Crippen LogP) is 5.39. The minimum absolute atomic E-state index is 0.0693. The quantitative estimate of drug-likeness (QED) is 0.114. The number of hydrogen-bond acceptors (Lipinski definition) is 10. The lowest BCUT2D eigenvalue weighted by Crippen LogP contribution is -2.11. The Morgan fingerprint density at radius 1 is 0.610 bits per heavy atom. The number of nitro groups is 2. The fourth-order valence-electron chi connectivity index (χ4n) is 3.70. The molecular weight excluding hydrogens is 556 g/mol. The van der Waals surface area contributed by atoms with Crippen molar-refractivity contribution in [1.82, 2.24) is 0 Å². The van der Waals surface area contributed by atoms with Crippen molar-refractivity contribution in [3.05, 3.63) is 127 Å². The number of carbonyl (C=O) groups excluding carboxylic acids is 2. The highest BCUT2D eigenvalue weighted by atomic mass is 32.2. The van der Waals surface area contributed by atoms with Gasteiger partial charge in [0, 0.05) is 24.3 Å². The van der Waals surface area contributed by atoms with Gasteiger partial charge >= 0.3 is 11.9 Å². The van der Waals surface area contributed by atoms with Crippen LogP contribution in [0.15, 0.2) is 94.7 Å². The van der Waals surface area contributed by atoms with Crippen LogP contribution in [0.2, 0.25) is 0 Å². The van der Waals surface area contributed by atoms with Gasteiger partial charge in [0.1, 0.15) is 11.5 Å². The number of esters is 2. The molecule has 0 spiro atoms. The molecule has 0 saturated heterocycles. The van der Waals surface area contributed by atoms with Crippen LogP contribution in [0.1, 0.15) is 31.8 Å². The minimum Gasteiger partial charge on any atom is -0.423 e. The maximum absolute atomic E-state index is 13.3. The first-order valence-corrected chi connectivity index (χ1v) is 13.2. The smallest absolute Gasteiger partial charge is 0.343 e. The number of nitro benzene ring substituents is 2. The van der Waals surface area contributed by atoms with Crippen molar-refractivity contribution in [2.24, 2.45) is 0 Å². The highest BCUT2D eigenvalue weighted by molar-refractivity contribution is 7.91. The Bertz CT molecular complexity index is 1670. The van der Waals surface area contributed by atoms with E-state index >= 15 is 0 Å². The highest BCUT2D eigenvalue weighted by Crippen LogP contribution is 2.30. The summed E-state index contributed by atoms with van der Waals surface area (Å²) in [5.74, 6) is -1.32. The number of carbonyl (C=O) groups is 2. The van der Waals surface area contributed by atoms with Gasteiger partial charge in [0.05, 0.1) is 30.8 Å². The van der Waals surface area contributed by atoms with Crippen LogP contribution >= 0.6 is 0 Å². The lowest BCUT2D eigenvalue weighted by atomic mass is 10.2. The number of aryl methyl sites for hydroxylation is 2. The predicted molar refractivity (Wildman–Crippen MR) is 144 cm³/mol. The Morgan fingerprint density at radius 3 is 1.24 bits per heavy atom. The Morgan fingerprint density at radius 2 is 0.951 bits per heavy atom. The van der Waals surface area contributed by atoms with E-state index in [-0.39, 0.29) is 43.8 Å². The first-order valence-electron chi connectivity index (χ1n) is 11.8. The van der Waals surface area contributed by atoms with Crippen LogP contribution in [0, 0.1) is 34.1 Å². The van der Waals surface area contributed by atoms with Crippen molar-refractivity contribution in [2.75, 3.05) is 0 Å². The topological polar surface area (TPSA) is 173 Å². The van der Waals surface area contributed by atoms with Crippen molar-refractivity contribution in [2.45, 2.75) is 23.6 Å². The van der Waals surface area contributed by atoms with Gasteiger partial charge in [-0.25, -0.2) is 18.0 Å². The minimum atomic E-state index is -4.01. The third-order valence-corrected chi connectivity index (χ3v) is 7.70. The van der Waals surface area contributed by atoms with Gasteiger partial charge in [-0.15, -0.1) is 0 Å². The molecule has 0 N–H and O–H groups in total. The molecule has 0 radical (unpaired) electrons. The van der Waals surface area contributed by atoms with E-state index in [2.05, 4.69) is 0 Å². The van der Waals surface area contributed by atoms with Gasteiger partial charge in [-0.3, -0.25) is 20.2 Å². The molecule has 0 bridgehead atoms. The van der Waals surface area contributed by atoms with E-state index in [1.807, 2.05) is 0 Å². The van der Waals surface area contributed by atoms with E-state index in [1.165, 1.54) is 84.9 Å². The number of rotatable bonds is 8. The molecule has 0 atom stereocenters. The zero-order chi connectivity index (χ0) is 29.9. The second-order valence-corrected chi connectivity index (χ2v) is 10.7. The fourth-order valence-corrected chi connectivity index (χ4v) is 5.13. The lowest BCUT2D eigenvalue weighted by molar-refractivity contribution is -0.385. The molecule has 13 heteroatoms. The molecule has 208 valence electrons. The molecule has 0 aromatic heterocycles. The standard InChI is InChI=1S/C28H20N2O10S/c1-17-15-23(11-13-25(17)39-27(31)19-3-7-21(8-4-19)29(33)34)41(37,38)24-12-14-26(18(2)16-24)40-28(32)20-5-9-22(10-6-20)30(35)36/h3-16H,1-2H3.